The third-order valence-electron chi connectivity index (χ3n) is 2.08. The molecule has 0 fully saturated rings. The highest BCUT2D eigenvalue weighted by Gasteiger charge is 2.13. The molecule has 2 aromatic rings. The maximum Gasteiger partial charge on any atom is 0.371 e. The molecule has 0 aliphatic rings. The van der Waals surface area contributed by atoms with Crippen LogP contribution in [-0.4, -0.2) is 30.8 Å². The molecule has 90 valence electrons. The molecule has 0 aliphatic heterocycles. The molecule has 6 nitrogen and oxygen atoms in total. The van der Waals surface area contributed by atoms with Crippen LogP contribution in [0.1, 0.15) is 10.6 Å². The molecular weight excluding hydrogens is 244 g/mol. The smallest absolute Gasteiger partial charge is 0.371 e. The molecule has 0 saturated heterocycles. The van der Waals surface area contributed by atoms with E-state index in [0.29, 0.717) is 12.3 Å². The van der Waals surface area contributed by atoms with Crippen LogP contribution in [0.15, 0.2) is 40.1 Å². The van der Waals surface area contributed by atoms with E-state index in [9.17, 15) is 9.00 Å². The van der Waals surface area contributed by atoms with E-state index < -0.39 is 16.8 Å². The lowest BCUT2D eigenvalue weighted by Gasteiger charge is -1.99. The van der Waals surface area contributed by atoms with Crippen molar-refractivity contribution in [3.8, 4) is 0 Å². The monoisotopic (exact) mass is 254 g/mol. The van der Waals surface area contributed by atoms with Crippen molar-refractivity contribution in [2.75, 3.05) is 5.75 Å². The minimum Gasteiger partial charge on any atom is -0.475 e. The van der Waals surface area contributed by atoms with E-state index in [1.54, 1.807) is 23.1 Å². The number of aromatic carboxylic acids is 1. The molecule has 17 heavy (non-hydrogen) atoms. The Hall–Kier alpha value is -1.89. The van der Waals surface area contributed by atoms with Gasteiger partial charge in [0.25, 0.3) is 0 Å². The summed E-state index contributed by atoms with van der Waals surface area (Å²) in [6.45, 7) is 0.489. The van der Waals surface area contributed by atoms with Crippen molar-refractivity contribution in [2.24, 2.45) is 0 Å². The Morgan fingerprint density at radius 3 is 2.94 bits per heavy atom. The first-order valence-corrected chi connectivity index (χ1v) is 6.17. The Morgan fingerprint density at radius 2 is 2.35 bits per heavy atom. The van der Waals surface area contributed by atoms with Crippen molar-refractivity contribution in [2.45, 2.75) is 11.6 Å². The molecule has 0 saturated carbocycles. The van der Waals surface area contributed by atoms with Crippen LogP contribution in [0.2, 0.25) is 0 Å². The molecule has 0 aromatic carbocycles. The highest BCUT2D eigenvalue weighted by molar-refractivity contribution is 7.84. The van der Waals surface area contributed by atoms with E-state index in [1.165, 1.54) is 12.1 Å². The summed E-state index contributed by atoms with van der Waals surface area (Å²) in [4.78, 5) is 10.6. The minimum atomic E-state index is -1.35. The van der Waals surface area contributed by atoms with Crippen molar-refractivity contribution in [1.29, 1.82) is 0 Å². The average molecular weight is 254 g/mol. The van der Waals surface area contributed by atoms with Gasteiger partial charge in [0.05, 0.1) is 23.1 Å². The van der Waals surface area contributed by atoms with E-state index in [1.807, 2.05) is 0 Å². The lowest BCUT2D eigenvalue weighted by atomic mass is 10.5. The zero-order valence-corrected chi connectivity index (χ0v) is 9.59. The van der Waals surface area contributed by atoms with Gasteiger partial charge in [-0.2, -0.15) is 5.10 Å². The number of furan rings is 1. The van der Waals surface area contributed by atoms with Gasteiger partial charge in [0.2, 0.25) is 5.76 Å². The van der Waals surface area contributed by atoms with Crippen LogP contribution in [0.25, 0.3) is 0 Å². The van der Waals surface area contributed by atoms with E-state index in [2.05, 4.69) is 5.10 Å². The number of hydrogen-bond acceptors (Lipinski definition) is 4. The molecule has 0 aliphatic carbocycles. The van der Waals surface area contributed by atoms with Gasteiger partial charge in [-0.15, -0.1) is 0 Å². The van der Waals surface area contributed by atoms with Gasteiger partial charge in [0.1, 0.15) is 0 Å². The number of hydrogen-bond donors (Lipinski definition) is 1. The molecule has 2 rings (SSSR count). The van der Waals surface area contributed by atoms with Crippen molar-refractivity contribution in [3.63, 3.8) is 0 Å². The topological polar surface area (TPSA) is 85.3 Å². The Morgan fingerprint density at radius 1 is 1.53 bits per heavy atom. The van der Waals surface area contributed by atoms with Crippen LogP contribution in [0.4, 0.5) is 0 Å². The number of carboxylic acid groups (broad SMARTS) is 1. The molecular formula is C10H10N2O4S. The Kier molecular flexibility index (Phi) is 3.38. The quantitative estimate of drug-likeness (QED) is 0.859. The SMILES string of the molecule is O=C(O)c1ccc(S(=O)CCn2cccn2)o1. The average Bonchev–Trinajstić information content (AvgIpc) is 2.96. The maximum atomic E-state index is 11.8. The molecule has 0 spiro atoms. The van der Waals surface area contributed by atoms with Crippen molar-refractivity contribution in [3.05, 3.63) is 36.4 Å². The summed E-state index contributed by atoms with van der Waals surface area (Å²) >= 11 is 0. The van der Waals surface area contributed by atoms with Crippen molar-refractivity contribution < 1.29 is 18.5 Å². The number of carboxylic acids is 1. The summed E-state index contributed by atoms with van der Waals surface area (Å²) in [5.41, 5.74) is 0. The number of nitrogens with zero attached hydrogens (tertiary/aromatic N) is 2. The van der Waals surface area contributed by atoms with Crippen LogP contribution in [0, 0.1) is 0 Å². The number of aromatic nitrogens is 2. The van der Waals surface area contributed by atoms with Crippen molar-refractivity contribution >= 4 is 16.8 Å². The molecule has 7 heteroatoms. The molecule has 2 aromatic heterocycles. The van der Waals surface area contributed by atoms with Gasteiger partial charge in [0, 0.05) is 12.4 Å². The fourth-order valence-electron chi connectivity index (χ4n) is 1.27. The largest absolute Gasteiger partial charge is 0.475 e. The van der Waals surface area contributed by atoms with E-state index in [0.717, 1.165) is 0 Å². The lowest BCUT2D eigenvalue weighted by molar-refractivity contribution is 0.0656. The second-order valence-electron chi connectivity index (χ2n) is 3.24. The first kappa shape index (κ1) is 11.6. The normalized spacial score (nSPS) is 12.5. The van der Waals surface area contributed by atoms with Crippen LogP contribution in [0.5, 0.6) is 0 Å². The first-order chi connectivity index (χ1) is 8.16. The molecule has 0 amide bonds. The summed E-state index contributed by atoms with van der Waals surface area (Å²) in [7, 11) is -1.35. The fourth-order valence-corrected chi connectivity index (χ4v) is 2.22. The second-order valence-corrected chi connectivity index (χ2v) is 4.74. The molecule has 2 heterocycles. The van der Waals surface area contributed by atoms with Gasteiger partial charge in [0.15, 0.2) is 5.09 Å². The molecule has 0 radical (unpaired) electrons. The molecule has 1 unspecified atom stereocenters. The highest BCUT2D eigenvalue weighted by atomic mass is 32.2. The Balaban J connectivity index is 1.97. The number of rotatable bonds is 5. The fraction of sp³-hybridized carbons (Fsp3) is 0.200. The van der Waals surface area contributed by atoms with E-state index in [4.69, 9.17) is 9.52 Å². The van der Waals surface area contributed by atoms with Gasteiger partial charge in [-0.3, -0.25) is 8.89 Å². The van der Waals surface area contributed by atoms with Crippen LogP contribution < -0.4 is 0 Å². The molecule has 1 N–H and O–H groups in total. The second kappa shape index (κ2) is 4.96. The summed E-state index contributed by atoms with van der Waals surface area (Å²) < 4.78 is 18.4. The third-order valence-corrected chi connectivity index (χ3v) is 3.30. The zero-order valence-electron chi connectivity index (χ0n) is 8.78. The standard InChI is InChI=1S/C10H10N2O4S/c13-10(14)8-2-3-9(16-8)17(15)7-6-12-5-1-4-11-12/h1-5H,6-7H2,(H,13,14). The maximum absolute atomic E-state index is 11.8. The van der Waals surface area contributed by atoms with E-state index in [-0.39, 0.29) is 10.9 Å². The summed E-state index contributed by atoms with van der Waals surface area (Å²) in [5, 5.41) is 12.8. The molecule has 0 bridgehead atoms. The highest BCUT2D eigenvalue weighted by Crippen LogP contribution is 2.12. The Labute approximate surface area is 99.3 Å². The van der Waals surface area contributed by atoms with Crippen LogP contribution in [0.3, 0.4) is 0 Å². The van der Waals surface area contributed by atoms with E-state index >= 15 is 0 Å². The van der Waals surface area contributed by atoms with Gasteiger partial charge in [-0.1, -0.05) is 0 Å². The van der Waals surface area contributed by atoms with Gasteiger partial charge in [-0.25, -0.2) is 4.79 Å². The predicted octanol–water partition coefficient (Wildman–Crippen LogP) is 0.982. The van der Waals surface area contributed by atoms with Crippen molar-refractivity contribution in [1.82, 2.24) is 9.78 Å². The molecule has 1 atom stereocenters. The van der Waals surface area contributed by atoms with Crippen LogP contribution in [-0.2, 0) is 17.3 Å². The lowest BCUT2D eigenvalue weighted by Crippen LogP contribution is -2.07. The van der Waals surface area contributed by atoms with Gasteiger partial charge < -0.3 is 9.52 Å². The minimum absolute atomic E-state index is 0.176. The summed E-state index contributed by atoms with van der Waals surface area (Å²) in [6.07, 6.45) is 3.40. The zero-order chi connectivity index (χ0) is 12.3. The third kappa shape index (κ3) is 2.82. The van der Waals surface area contributed by atoms with Crippen LogP contribution >= 0.6 is 0 Å². The Bertz CT molecular complexity index is 532. The van der Waals surface area contributed by atoms with Gasteiger partial charge >= 0.3 is 5.97 Å². The number of carbonyl (C=O) groups is 1. The predicted molar refractivity (Wildman–Crippen MR) is 59.2 cm³/mol. The number of aryl methyl sites for hydroxylation is 1. The van der Waals surface area contributed by atoms with Gasteiger partial charge in [-0.05, 0) is 18.2 Å². The first-order valence-electron chi connectivity index (χ1n) is 4.86. The summed E-state index contributed by atoms with van der Waals surface area (Å²) in [6, 6.07) is 4.49. The summed E-state index contributed by atoms with van der Waals surface area (Å²) in [5.74, 6) is -1.04.